The molecule has 0 spiro atoms. The molecule has 4 nitrogen and oxygen atoms in total. The lowest BCUT2D eigenvalue weighted by Gasteiger charge is -2.12. The number of benzene rings is 2. The van der Waals surface area contributed by atoms with Gasteiger partial charge >= 0.3 is 0 Å². The second kappa shape index (κ2) is 7.05. The second-order valence-electron chi connectivity index (χ2n) is 8.02. The van der Waals surface area contributed by atoms with Crippen LogP contribution in [0.1, 0.15) is 23.3 Å². The predicted molar refractivity (Wildman–Crippen MR) is 117 cm³/mol. The smallest absolute Gasteiger partial charge is 0.255 e. The molecule has 29 heavy (non-hydrogen) atoms. The van der Waals surface area contributed by atoms with Crippen LogP contribution in [0.5, 0.6) is 0 Å². The summed E-state index contributed by atoms with van der Waals surface area (Å²) < 4.78 is 7.86. The van der Waals surface area contributed by atoms with E-state index in [4.69, 9.17) is 4.42 Å². The average molecular weight is 384 g/mol. The van der Waals surface area contributed by atoms with Crippen molar-refractivity contribution in [2.75, 3.05) is 13.6 Å². The van der Waals surface area contributed by atoms with Gasteiger partial charge in [0.2, 0.25) is 0 Å². The molecule has 146 valence electrons. The van der Waals surface area contributed by atoms with Crippen molar-refractivity contribution < 1.29 is 4.42 Å². The fraction of sp³-hybridized carbons (Fsp3) is 0.240. The number of aromatic nitrogens is 1. The molecule has 0 radical (unpaired) electrons. The summed E-state index contributed by atoms with van der Waals surface area (Å²) in [7, 11) is 2.15. The van der Waals surface area contributed by atoms with Crippen LogP contribution >= 0.6 is 0 Å². The van der Waals surface area contributed by atoms with Gasteiger partial charge in [0.25, 0.3) is 5.56 Å². The quantitative estimate of drug-likeness (QED) is 0.491. The third-order valence-electron chi connectivity index (χ3n) is 5.81. The number of furan rings is 1. The summed E-state index contributed by atoms with van der Waals surface area (Å²) >= 11 is 0. The Kier molecular flexibility index (Phi) is 4.36. The molecule has 0 amide bonds. The van der Waals surface area contributed by atoms with Gasteiger partial charge in [0.1, 0.15) is 11.3 Å². The van der Waals surface area contributed by atoms with Crippen molar-refractivity contribution in [3.05, 3.63) is 88.0 Å². The van der Waals surface area contributed by atoms with E-state index in [1.165, 1.54) is 11.1 Å². The molecule has 2 aromatic heterocycles. The van der Waals surface area contributed by atoms with E-state index in [9.17, 15) is 4.79 Å². The zero-order valence-electron chi connectivity index (χ0n) is 16.8. The molecule has 1 aliphatic heterocycles. The largest absolute Gasteiger partial charge is 0.461 e. The highest BCUT2D eigenvalue weighted by Gasteiger charge is 2.19. The monoisotopic (exact) mass is 384 g/mol. The summed E-state index contributed by atoms with van der Waals surface area (Å²) in [5.74, 6) is 1.09. The van der Waals surface area contributed by atoms with Crippen LogP contribution in [-0.2, 0) is 13.0 Å². The number of aryl methyl sites for hydroxylation is 2. The van der Waals surface area contributed by atoms with Crippen LogP contribution in [0.3, 0.4) is 0 Å². The fourth-order valence-corrected chi connectivity index (χ4v) is 4.19. The molecule has 0 unspecified atom stereocenters. The maximum atomic E-state index is 12.8. The predicted octanol–water partition coefficient (Wildman–Crippen LogP) is 4.94. The number of pyridine rings is 1. The first kappa shape index (κ1) is 18.0. The van der Waals surface area contributed by atoms with E-state index in [0.29, 0.717) is 0 Å². The van der Waals surface area contributed by atoms with Crippen LogP contribution in [0.25, 0.3) is 27.8 Å². The first-order valence-corrected chi connectivity index (χ1v) is 10.1. The van der Waals surface area contributed by atoms with Gasteiger partial charge in [0.05, 0.1) is 5.69 Å². The molecule has 3 heterocycles. The van der Waals surface area contributed by atoms with Gasteiger partial charge in [-0.25, -0.2) is 0 Å². The number of rotatable bonds is 2. The molecule has 0 N–H and O–H groups in total. The topological polar surface area (TPSA) is 38.4 Å². The van der Waals surface area contributed by atoms with E-state index in [0.717, 1.165) is 59.5 Å². The van der Waals surface area contributed by atoms with E-state index in [-0.39, 0.29) is 5.56 Å². The Morgan fingerprint density at radius 2 is 1.79 bits per heavy atom. The third-order valence-corrected chi connectivity index (χ3v) is 5.81. The molecular formula is C25H24N2O2. The third kappa shape index (κ3) is 3.30. The minimum atomic E-state index is -0.0460. The van der Waals surface area contributed by atoms with E-state index in [2.05, 4.69) is 37.1 Å². The molecule has 4 aromatic rings. The maximum Gasteiger partial charge on any atom is 0.255 e. The minimum absolute atomic E-state index is 0.0460. The zero-order chi connectivity index (χ0) is 20.0. The van der Waals surface area contributed by atoms with Gasteiger partial charge in [0, 0.05) is 42.2 Å². The molecule has 2 aromatic carbocycles. The van der Waals surface area contributed by atoms with Gasteiger partial charge in [-0.2, -0.15) is 0 Å². The van der Waals surface area contributed by atoms with Crippen molar-refractivity contribution >= 4 is 11.0 Å². The highest BCUT2D eigenvalue weighted by molar-refractivity contribution is 5.84. The Hall–Kier alpha value is -3.11. The van der Waals surface area contributed by atoms with Crippen molar-refractivity contribution in [3.8, 4) is 16.8 Å². The zero-order valence-corrected chi connectivity index (χ0v) is 16.8. The summed E-state index contributed by atoms with van der Waals surface area (Å²) in [5, 5.41) is 1.15. The van der Waals surface area contributed by atoms with E-state index in [1.54, 1.807) is 10.6 Å². The highest BCUT2D eigenvalue weighted by Crippen LogP contribution is 2.31. The van der Waals surface area contributed by atoms with Gasteiger partial charge in [0.15, 0.2) is 0 Å². The van der Waals surface area contributed by atoms with Crippen LogP contribution in [0, 0.1) is 6.92 Å². The molecule has 0 fully saturated rings. The Bertz CT molecular complexity index is 1250. The van der Waals surface area contributed by atoms with Crippen LogP contribution in [0.15, 0.2) is 70.0 Å². The van der Waals surface area contributed by atoms with E-state index >= 15 is 0 Å². The fourth-order valence-electron chi connectivity index (χ4n) is 4.19. The van der Waals surface area contributed by atoms with Crippen LogP contribution in [0.4, 0.5) is 0 Å². The number of hydrogen-bond donors (Lipinski definition) is 0. The van der Waals surface area contributed by atoms with Crippen molar-refractivity contribution in [1.29, 1.82) is 0 Å². The lowest BCUT2D eigenvalue weighted by molar-refractivity contribution is 0.333. The van der Waals surface area contributed by atoms with Crippen molar-refractivity contribution in [1.82, 2.24) is 9.47 Å². The standard InChI is InChI=1S/C25H24N2O2/c1-17-5-7-18(8-6-17)19-11-13-27(25(28)14-19)20-9-10-21-22-16-26(2)12-3-4-23(22)29-24(21)15-20/h5-11,13-15H,3-4,12,16H2,1-2H3. The molecule has 0 aliphatic carbocycles. The first-order valence-electron chi connectivity index (χ1n) is 10.1. The average Bonchev–Trinajstić information content (AvgIpc) is 2.93. The van der Waals surface area contributed by atoms with E-state index < -0.39 is 0 Å². The Morgan fingerprint density at radius 1 is 0.966 bits per heavy atom. The Labute approximate surface area is 170 Å². The SMILES string of the molecule is Cc1ccc(-c2ccn(-c3ccc4c5c(oc4c3)CCCN(C)C5)c(=O)c2)cc1. The summed E-state index contributed by atoms with van der Waals surface area (Å²) in [4.78, 5) is 15.2. The number of hydrogen-bond acceptors (Lipinski definition) is 3. The van der Waals surface area contributed by atoms with Gasteiger partial charge < -0.3 is 9.32 Å². The van der Waals surface area contributed by atoms with Gasteiger partial charge in [-0.3, -0.25) is 9.36 Å². The maximum absolute atomic E-state index is 12.8. The van der Waals surface area contributed by atoms with Crippen molar-refractivity contribution in [2.24, 2.45) is 0 Å². The highest BCUT2D eigenvalue weighted by atomic mass is 16.3. The molecule has 0 bridgehead atoms. The van der Waals surface area contributed by atoms with Gasteiger partial charge in [-0.15, -0.1) is 0 Å². The molecule has 1 aliphatic rings. The molecule has 4 heteroatoms. The normalized spacial score (nSPS) is 14.7. The second-order valence-corrected chi connectivity index (χ2v) is 8.02. The van der Waals surface area contributed by atoms with E-state index in [1.807, 2.05) is 36.5 Å². The Balaban J connectivity index is 1.54. The van der Waals surface area contributed by atoms with Crippen LogP contribution in [-0.4, -0.2) is 23.1 Å². The lowest BCUT2D eigenvalue weighted by Crippen LogP contribution is -2.17. The summed E-state index contributed by atoms with van der Waals surface area (Å²) in [6.45, 7) is 4.06. The molecule has 0 atom stereocenters. The minimum Gasteiger partial charge on any atom is -0.461 e. The Morgan fingerprint density at radius 3 is 2.59 bits per heavy atom. The first-order chi connectivity index (χ1) is 14.1. The molecular weight excluding hydrogens is 360 g/mol. The molecule has 5 rings (SSSR count). The number of nitrogens with zero attached hydrogens (tertiary/aromatic N) is 2. The van der Waals surface area contributed by atoms with Crippen LogP contribution in [0.2, 0.25) is 0 Å². The summed E-state index contributed by atoms with van der Waals surface area (Å²) in [5.41, 5.74) is 6.11. The number of fused-ring (bicyclic) bond motifs is 3. The van der Waals surface area contributed by atoms with Crippen molar-refractivity contribution in [3.63, 3.8) is 0 Å². The summed E-state index contributed by atoms with van der Waals surface area (Å²) in [6.07, 6.45) is 3.92. The van der Waals surface area contributed by atoms with Crippen LogP contribution < -0.4 is 5.56 Å². The van der Waals surface area contributed by atoms with Crippen molar-refractivity contribution in [2.45, 2.75) is 26.3 Å². The molecule has 0 saturated carbocycles. The summed E-state index contributed by atoms with van der Waals surface area (Å²) in [6, 6.07) is 18.0. The molecule has 0 saturated heterocycles. The van der Waals surface area contributed by atoms with Gasteiger partial charge in [-0.1, -0.05) is 29.8 Å². The van der Waals surface area contributed by atoms with Gasteiger partial charge in [-0.05, 0) is 56.3 Å². The lowest BCUT2D eigenvalue weighted by atomic mass is 10.1.